The summed E-state index contributed by atoms with van der Waals surface area (Å²) in [6, 6.07) is 6.26. The summed E-state index contributed by atoms with van der Waals surface area (Å²) in [5.41, 5.74) is -0.0304. The average molecular weight is 320 g/mol. The van der Waals surface area contributed by atoms with Gasteiger partial charge in [-0.2, -0.15) is 0 Å². The van der Waals surface area contributed by atoms with Gasteiger partial charge in [0.2, 0.25) is 5.91 Å². The van der Waals surface area contributed by atoms with Crippen LogP contribution < -0.4 is 10.9 Å². The van der Waals surface area contributed by atoms with Crippen LogP contribution in [0.5, 0.6) is 0 Å². The monoisotopic (exact) mass is 319 g/mol. The van der Waals surface area contributed by atoms with Gasteiger partial charge in [0.05, 0.1) is 5.39 Å². The van der Waals surface area contributed by atoms with Gasteiger partial charge in [0.25, 0.3) is 5.56 Å². The quantitative estimate of drug-likeness (QED) is 0.782. The summed E-state index contributed by atoms with van der Waals surface area (Å²) in [7, 11) is 0. The molecule has 0 spiro atoms. The average Bonchev–Trinajstić information content (AvgIpc) is 2.87. The Hall–Kier alpha value is -2.74. The minimum atomic E-state index is -0.467. The molecule has 1 aromatic carbocycles. The van der Waals surface area contributed by atoms with Crippen LogP contribution in [0.25, 0.3) is 10.9 Å². The number of carbonyl (C=O) groups is 1. The van der Waals surface area contributed by atoms with E-state index in [1.165, 1.54) is 6.07 Å². The van der Waals surface area contributed by atoms with E-state index in [9.17, 15) is 9.59 Å². The topological polar surface area (TPSA) is 103 Å². The van der Waals surface area contributed by atoms with E-state index in [-0.39, 0.29) is 12.4 Å². The smallest absolute Gasteiger partial charge is 0.278 e. The molecule has 0 fully saturated rings. The third kappa shape index (κ3) is 2.82. The van der Waals surface area contributed by atoms with Crippen molar-refractivity contribution < 1.29 is 9.32 Å². The first-order valence-electron chi connectivity index (χ1n) is 6.29. The normalized spacial score (nSPS) is 10.8. The van der Waals surface area contributed by atoms with Gasteiger partial charge in [0, 0.05) is 11.1 Å². The number of hydrogen-bond acceptors (Lipinski definition) is 6. The molecule has 3 rings (SSSR count). The lowest BCUT2D eigenvalue weighted by Gasteiger charge is -2.04. The molecule has 2 heterocycles. The Morgan fingerprint density at radius 3 is 2.95 bits per heavy atom. The van der Waals surface area contributed by atoms with Crippen LogP contribution in [-0.4, -0.2) is 26.1 Å². The zero-order valence-electron chi connectivity index (χ0n) is 11.4. The van der Waals surface area contributed by atoms with Gasteiger partial charge < -0.3 is 9.84 Å². The van der Waals surface area contributed by atoms with Crippen LogP contribution in [0, 0.1) is 6.92 Å². The van der Waals surface area contributed by atoms with Crippen molar-refractivity contribution in [3.63, 3.8) is 0 Å². The zero-order chi connectivity index (χ0) is 15.7. The van der Waals surface area contributed by atoms with E-state index in [0.29, 0.717) is 21.7 Å². The number of hydrogen-bond donors (Lipinski definition) is 1. The molecule has 0 saturated carbocycles. The minimum absolute atomic E-state index is 0.271. The molecule has 9 heteroatoms. The summed E-state index contributed by atoms with van der Waals surface area (Å²) in [5.74, 6) is 0.367. The predicted molar refractivity (Wildman–Crippen MR) is 78.7 cm³/mol. The van der Waals surface area contributed by atoms with Crippen molar-refractivity contribution in [2.45, 2.75) is 13.5 Å². The first-order valence-corrected chi connectivity index (χ1v) is 6.67. The van der Waals surface area contributed by atoms with Crippen molar-refractivity contribution in [1.29, 1.82) is 0 Å². The predicted octanol–water partition coefficient (Wildman–Crippen LogP) is 1.38. The van der Waals surface area contributed by atoms with Crippen LogP contribution in [0.15, 0.2) is 33.6 Å². The summed E-state index contributed by atoms with van der Waals surface area (Å²) < 4.78 is 5.79. The number of rotatable bonds is 3. The minimum Gasteiger partial charge on any atom is -0.360 e. The Morgan fingerprint density at radius 2 is 2.23 bits per heavy atom. The molecule has 1 N–H and O–H groups in total. The van der Waals surface area contributed by atoms with Crippen LogP contribution in [0.2, 0.25) is 5.02 Å². The number of amides is 1. The first kappa shape index (κ1) is 14.2. The molecular formula is C13H10ClN5O3. The lowest BCUT2D eigenvalue weighted by Crippen LogP contribution is -2.30. The summed E-state index contributed by atoms with van der Waals surface area (Å²) in [6.07, 6.45) is 0. The maximum atomic E-state index is 12.3. The molecule has 112 valence electrons. The molecule has 22 heavy (non-hydrogen) atoms. The van der Waals surface area contributed by atoms with Gasteiger partial charge in [-0.1, -0.05) is 22.0 Å². The lowest BCUT2D eigenvalue weighted by atomic mass is 10.2. The number of anilines is 1. The number of halogens is 1. The summed E-state index contributed by atoms with van der Waals surface area (Å²) in [4.78, 5) is 24.2. The molecule has 0 saturated heterocycles. The van der Waals surface area contributed by atoms with Gasteiger partial charge >= 0.3 is 0 Å². The van der Waals surface area contributed by atoms with Gasteiger partial charge in [-0.15, -0.1) is 5.10 Å². The molecule has 8 nitrogen and oxygen atoms in total. The number of nitrogens with one attached hydrogen (secondary N) is 1. The van der Waals surface area contributed by atoms with Crippen molar-refractivity contribution in [2.75, 3.05) is 5.32 Å². The number of carbonyl (C=O) groups excluding carboxylic acids is 1. The highest BCUT2D eigenvalue weighted by molar-refractivity contribution is 6.31. The van der Waals surface area contributed by atoms with Gasteiger partial charge in [0.15, 0.2) is 5.82 Å². The van der Waals surface area contributed by atoms with E-state index < -0.39 is 11.5 Å². The van der Waals surface area contributed by atoms with Gasteiger partial charge in [-0.05, 0) is 25.1 Å². The van der Waals surface area contributed by atoms with Crippen LogP contribution in [0.4, 0.5) is 5.82 Å². The fraction of sp³-hybridized carbons (Fsp3) is 0.154. The molecule has 2 aromatic heterocycles. The van der Waals surface area contributed by atoms with Crippen molar-refractivity contribution in [1.82, 2.24) is 20.2 Å². The second-order valence-electron chi connectivity index (χ2n) is 4.58. The van der Waals surface area contributed by atoms with Crippen LogP contribution in [0.1, 0.15) is 5.76 Å². The summed E-state index contributed by atoms with van der Waals surface area (Å²) >= 11 is 5.86. The molecule has 0 atom stereocenters. The maximum absolute atomic E-state index is 12.3. The second kappa shape index (κ2) is 5.57. The highest BCUT2D eigenvalue weighted by atomic mass is 35.5. The Labute approximate surface area is 128 Å². The fourth-order valence-electron chi connectivity index (χ4n) is 1.90. The highest BCUT2D eigenvalue weighted by Crippen LogP contribution is 2.13. The van der Waals surface area contributed by atoms with Gasteiger partial charge in [-0.25, -0.2) is 4.68 Å². The summed E-state index contributed by atoms with van der Waals surface area (Å²) in [5, 5.41) is 14.5. The molecule has 0 radical (unpaired) electrons. The standard InChI is InChI=1S/C13H10ClN5O3/c1-7-4-11(17-22-7)15-12(20)6-19-13(21)9-5-8(14)2-3-10(9)16-18-19/h2-5H,6H2,1H3,(H,15,17,20). The van der Waals surface area contributed by atoms with Gasteiger partial charge in [-0.3, -0.25) is 9.59 Å². The van der Waals surface area contributed by atoms with E-state index in [1.807, 2.05) is 0 Å². The highest BCUT2D eigenvalue weighted by Gasteiger charge is 2.11. The number of nitrogens with zero attached hydrogens (tertiary/aromatic N) is 4. The van der Waals surface area contributed by atoms with E-state index in [2.05, 4.69) is 20.8 Å². The number of aryl methyl sites for hydroxylation is 1. The molecule has 0 aliphatic heterocycles. The van der Waals surface area contributed by atoms with Crippen molar-refractivity contribution in [3.8, 4) is 0 Å². The van der Waals surface area contributed by atoms with Crippen LogP contribution in [-0.2, 0) is 11.3 Å². The van der Waals surface area contributed by atoms with Crippen molar-refractivity contribution in [3.05, 3.63) is 45.4 Å². The maximum Gasteiger partial charge on any atom is 0.278 e. The molecule has 0 unspecified atom stereocenters. The second-order valence-corrected chi connectivity index (χ2v) is 5.02. The molecule has 0 aliphatic rings. The van der Waals surface area contributed by atoms with Crippen molar-refractivity contribution >= 4 is 34.2 Å². The largest absolute Gasteiger partial charge is 0.360 e. The number of aromatic nitrogens is 4. The molecule has 0 bridgehead atoms. The Bertz CT molecular complexity index is 917. The summed E-state index contributed by atoms with van der Waals surface area (Å²) in [6.45, 7) is 1.41. The molecule has 0 aliphatic carbocycles. The first-order chi connectivity index (χ1) is 10.5. The third-order valence-electron chi connectivity index (χ3n) is 2.87. The van der Waals surface area contributed by atoms with Crippen molar-refractivity contribution in [2.24, 2.45) is 0 Å². The van der Waals surface area contributed by atoms with E-state index in [4.69, 9.17) is 16.1 Å². The van der Waals surface area contributed by atoms with Gasteiger partial charge in [0.1, 0.15) is 17.8 Å². The third-order valence-corrected chi connectivity index (χ3v) is 3.11. The number of benzene rings is 1. The lowest BCUT2D eigenvalue weighted by molar-refractivity contribution is -0.117. The fourth-order valence-corrected chi connectivity index (χ4v) is 2.07. The van der Waals surface area contributed by atoms with Crippen LogP contribution in [0.3, 0.4) is 0 Å². The number of fused-ring (bicyclic) bond motifs is 1. The van der Waals surface area contributed by atoms with E-state index in [0.717, 1.165) is 4.68 Å². The molecule has 3 aromatic rings. The van der Waals surface area contributed by atoms with E-state index in [1.54, 1.807) is 25.1 Å². The SMILES string of the molecule is Cc1cc(NC(=O)Cn2nnc3ccc(Cl)cc3c2=O)no1. The Balaban J connectivity index is 1.86. The zero-order valence-corrected chi connectivity index (χ0v) is 12.2. The van der Waals surface area contributed by atoms with Crippen LogP contribution >= 0.6 is 11.6 Å². The molecular weight excluding hydrogens is 310 g/mol. The Kier molecular flexibility index (Phi) is 3.60. The molecule has 1 amide bonds. The van der Waals surface area contributed by atoms with E-state index >= 15 is 0 Å². The Morgan fingerprint density at radius 1 is 1.41 bits per heavy atom.